The third-order valence-electron chi connectivity index (χ3n) is 8.13. The zero-order valence-corrected chi connectivity index (χ0v) is 30.0. The van der Waals surface area contributed by atoms with Crippen molar-refractivity contribution in [2.24, 2.45) is 0 Å². The van der Waals surface area contributed by atoms with Crippen LogP contribution in [0.4, 0.5) is 0 Å². The Kier molecular flexibility index (Phi) is 22.8. The van der Waals surface area contributed by atoms with Gasteiger partial charge in [0.05, 0.1) is 4.90 Å². The van der Waals surface area contributed by atoms with Gasteiger partial charge in [-0.25, -0.2) is 8.42 Å². The number of hydrogen-bond donors (Lipinski definition) is 0. The molecule has 6 heteroatoms. The van der Waals surface area contributed by atoms with E-state index in [-0.39, 0.29) is 34.5 Å². The van der Waals surface area contributed by atoms with E-state index in [0.717, 1.165) is 18.6 Å². The summed E-state index contributed by atoms with van der Waals surface area (Å²) in [5.41, 5.74) is 2.80. The fourth-order valence-corrected chi connectivity index (χ4v) is 6.03. The fraction of sp³-hybridized carbons (Fsp3) is 0.667. The van der Waals surface area contributed by atoms with Gasteiger partial charge >= 0.3 is 29.6 Å². The number of rotatable bonds is 25. The summed E-state index contributed by atoms with van der Waals surface area (Å²) >= 11 is 0. The van der Waals surface area contributed by atoms with Crippen molar-refractivity contribution in [3.05, 3.63) is 53.6 Å². The minimum Gasteiger partial charge on any atom is -0.744 e. The monoisotopic (exact) mass is 608 g/mol. The Morgan fingerprint density at radius 1 is 0.524 bits per heavy atom. The topological polar surface area (TPSA) is 66.4 Å². The molecular formula is C36H57NaO4S. The Bertz CT molecular complexity index is 1040. The van der Waals surface area contributed by atoms with Crippen molar-refractivity contribution in [2.75, 3.05) is 0 Å². The van der Waals surface area contributed by atoms with E-state index in [1.165, 1.54) is 152 Å². The van der Waals surface area contributed by atoms with Crippen LogP contribution in [0.3, 0.4) is 0 Å². The van der Waals surface area contributed by atoms with Crippen molar-refractivity contribution in [1.82, 2.24) is 0 Å². The Morgan fingerprint density at radius 2 is 0.905 bits per heavy atom. The summed E-state index contributed by atoms with van der Waals surface area (Å²) in [6.45, 7) is 4.54. The van der Waals surface area contributed by atoms with Gasteiger partial charge in [-0.1, -0.05) is 135 Å². The Morgan fingerprint density at radius 3 is 1.33 bits per heavy atom. The van der Waals surface area contributed by atoms with Gasteiger partial charge in [0.1, 0.15) is 21.6 Å². The third kappa shape index (κ3) is 18.1. The van der Waals surface area contributed by atoms with Crippen molar-refractivity contribution in [1.29, 1.82) is 0 Å². The van der Waals surface area contributed by atoms with E-state index in [1.54, 1.807) is 12.1 Å². The molecule has 0 aromatic heterocycles. The van der Waals surface area contributed by atoms with Gasteiger partial charge < -0.3 is 9.29 Å². The molecule has 0 spiro atoms. The largest absolute Gasteiger partial charge is 1.00 e. The molecule has 0 aliphatic carbocycles. The molecule has 0 bridgehead atoms. The molecule has 0 heterocycles. The predicted octanol–water partition coefficient (Wildman–Crippen LogP) is 8.31. The summed E-state index contributed by atoms with van der Waals surface area (Å²) in [6, 6.07) is 12.1. The average molecular weight is 609 g/mol. The van der Waals surface area contributed by atoms with E-state index < -0.39 is 10.1 Å². The second kappa shape index (κ2) is 24.5. The van der Waals surface area contributed by atoms with Gasteiger partial charge in [-0.2, -0.15) is 0 Å². The second-order valence-corrected chi connectivity index (χ2v) is 13.2. The van der Waals surface area contributed by atoms with Crippen LogP contribution in [0.25, 0.3) is 0 Å². The van der Waals surface area contributed by atoms with E-state index in [0.29, 0.717) is 5.75 Å². The fourth-order valence-electron chi connectivity index (χ4n) is 5.56. The smallest absolute Gasteiger partial charge is 0.744 e. The zero-order chi connectivity index (χ0) is 29.6. The number of unbranched alkanes of at least 4 members (excludes halogenated alkanes) is 18. The van der Waals surface area contributed by atoms with Gasteiger partial charge in [-0.15, -0.1) is 0 Å². The molecule has 0 unspecified atom stereocenters. The minimum absolute atomic E-state index is 0. The molecule has 0 N–H and O–H groups in total. The van der Waals surface area contributed by atoms with Crippen molar-refractivity contribution < 1.29 is 47.3 Å². The average Bonchev–Trinajstić information content (AvgIpc) is 2.95. The molecule has 0 aliphatic rings. The Balaban J connectivity index is 0.00000882. The molecule has 0 saturated heterocycles. The molecule has 0 atom stereocenters. The molecule has 0 saturated carbocycles. The van der Waals surface area contributed by atoms with Crippen LogP contribution in [0.5, 0.6) is 11.5 Å². The molecule has 0 fully saturated rings. The minimum atomic E-state index is -4.46. The zero-order valence-electron chi connectivity index (χ0n) is 27.1. The van der Waals surface area contributed by atoms with Crippen LogP contribution in [0.2, 0.25) is 0 Å². The maximum Gasteiger partial charge on any atom is 1.00 e. The van der Waals surface area contributed by atoms with Gasteiger partial charge in [0.15, 0.2) is 0 Å². The first-order valence-corrected chi connectivity index (χ1v) is 18.2. The van der Waals surface area contributed by atoms with Crippen molar-refractivity contribution in [3.63, 3.8) is 0 Å². The molecule has 232 valence electrons. The van der Waals surface area contributed by atoms with Crippen molar-refractivity contribution in [2.45, 2.75) is 160 Å². The summed E-state index contributed by atoms with van der Waals surface area (Å²) in [5, 5.41) is 0. The number of hydrogen-bond acceptors (Lipinski definition) is 4. The summed E-state index contributed by atoms with van der Waals surface area (Å²) in [4.78, 5) is -0.238. The maximum atomic E-state index is 11.2. The van der Waals surface area contributed by atoms with Crippen LogP contribution >= 0.6 is 0 Å². The van der Waals surface area contributed by atoms with E-state index in [1.807, 2.05) is 6.07 Å². The molecule has 2 aromatic rings. The van der Waals surface area contributed by atoms with Gasteiger partial charge in [0, 0.05) is 0 Å². The first-order valence-electron chi connectivity index (χ1n) is 16.8. The van der Waals surface area contributed by atoms with Crippen LogP contribution in [0.1, 0.15) is 153 Å². The van der Waals surface area contributed by atoms with Crippen molar-refractivity contribution >= 4 is 10.1 Å². The van der Waals surface area contributed by atoms with Crippen molar-refractivity contribution in [3.8, 4) is 11.5 Å². The Labute approximate surface area is 280 Å². The molecule has 2 rings (SSSR count). The molecular weight excluding hydrogens is 551 g/mol. The second-order valence-electron chi connectivity index (χ2n) is 11.8. The van der Waals surface area contributed by atoms with Gasteiger partial charge in [0.2, 0.25) is 0 Å². The Hall–Kier alpha value is -0.850. The van der Waals surface area contributed by atoms with Crippen LogP contribution < -0.4 is 34.3 Å². The summed E-state index contributed by atoms with van der Waals surface area (Å²) in [6.07, 6.45) is 29.0. The SMILES string of the molecule is CCCCCCCCCCCCc1ccc(Oc2ccc(S(=O)(=O)[O-])cc2)cc1CCCCCCCCCCCC.[Na+]. The van der Waals surface area contributed by atoms with Gasteiger partial charge in [-0.3, -0.25) is 0 Å². The van der Waals surface area contributed by atoms with Crippen LogP contribution in [0, 0.1) is 0 Å². The third-order valence-corrected chi connectivity index (χ3v) is 8.97. The standard InChI is InChI=1S/C36H58O4S.Na/c1-3-5-7-9-11-13-15-17-19-21-23-32-25-26-35(40-34-27-29-36(30-28-34)41(37,38)39)31-33(32)24-22-20-18-16-14-12-10-8-6-4-2;/h25-31H,3-24H2,1-2H3,(H,37,38,39);/q;+1/p-1. The summed E-state index contributed by atoms with van der Waals surface area (Å²) in [5.74, 6) is 1.29. The molecule has 42 heavy (non-hydrogen) atoms. The van der Waals surface area contributed by atoms with E-state index >= 15 is 0 Å². The quantitative estimate of drug-likeness (QED) is 0.0646. The van der Waals surface area contributed by atoms with Gasteiger partial charge in [-0.05, 0) is 73.2 Å². The molecule has 2 aromatic carbocycles. The number of ether oxygens (including phenoxy) is 1. The molecule has 0 amide bonds. The molecule has 0 aliphatic heterocycles. The maximum absolute atomic E-state index is 11.2. The summed E-state index contributed by atoms with van der Waals surface area (Å²) < 4.78 is 39.7. The number of benzene rings is 2. The predicted molar refractivity (Wildman–Crippen MR) is 172 cm³/mol. The normalized spacial score (nSPS) is 11.4. The summed E-state index contributed by atoms with van der Waals surface area (Å²) in [7, 11) is -4.46. The van der Waals surface area contributed by atoms with Crippen LogP contribution in [-0.2, 0) is 23.0 Å². The number of aryl methyl sites for hydroxylation is 2. The van der Waals surface area contributed by atoms with E-state index in [9.17, 15) is 13.0 Å². The van der Waals surface area contributed by atoms with E-state index in [4.69, 9.17) is 4.74 Å². The first kappa shape index (κ1) is 39.2. The molecule has 0 radical (unpaired) electrons. The van der Waals surface area contributed by atoms with Crippen LogP contribution in [-0.4, -0.2) is 13.0 Å². The van der Waals surface area contributed by atoms with E-state index in [2.05, 4.69) is 26.0 Å². The van der Waals surface area contributed by atoms with Crippen LogP contribution in [0.15, 0.2) is 47.4 Å². The van der Waals surface area contributed by atoms with Gasteiger partial charge in [0.25, 0.3) is 0 Å². The first-order chi connectivity index (χ1) is 19.9. The molecule has 4 nitrogen and oxygen atoms in total.